The summed E-state index contributed by atoms with van der Waals surface area (Å²) in [6, 6.07) is 4.78. The molecular weight excluding hydrogens is 169 g/mol. The maximum atomic E-state index is 12.9. The van der Waals surface area contributed by atoms with Crippen LogP contribution in [0, 0.1) is 5.82 Å². The molecule has 0 heterocycles. The van der Waals surface area contributed by atoms with Crippen LogP contribution in [0.2, 0.25) is 0 Å². The van der Waals surface area contributed by atoms with E-state index in [1.807, 2.05) is 0 Å². The fourth-order valence-corrected chi connectivity index (χ4v) is 1.56. The van der Waals surface area contributed by atoms with E-state index in [2.05, 4.69) is 4.84 Å². The highest BCUT2D eigenvalue weighted by molar-refractivity contribution is 5.33. The van der Waals surface area contributed by atoms with Gasteiger partial charge in [0.1, 0.15) is 5.82 Å². The van der Waals surface area contributed by atoms with Crippen molar-refractivity contribution in [1.82, 2.24) is 0 Å². The summed E-state index contributed by atoms with van der Waals surface area (Å²) in [5, 5.41) is 0. The van der Waals surface area contributed by atoms with Gasteiger partial charge in [0.2, 0.25) is 0 Å². The number of benzene rings is 1. The van der Waals surface area contributed by atoms with E-state index in [0.717, 1.165) is 24.0 Å². The van der Waals surface area contributed by atoms with Crippen LogP contribution in [0.4, 0.5) is 4.39 Å². The van der Waals surface area contributed by atoms with E-state index in [4.69, 9.17) is 5.90 Å². The average molecular weight is 181 g/mol. The minimum absolute atomic E-state index is 0.178. The third kappa shape index (κ3) is 1.87. The molecule has 3 heteroatoms. The van der Waals surface area contributed by atoms with E-state index in [-0.39, 0.29) is 5.82 Å². The van der Waals surface area contributed by atoms with Crippen LogP contribution in [0.15, 0.2) is 18.2 Å². The second-order valence-electron chi connectivity index (χ2n) is 3.43. The Morgan fingerprint density at radius 2 is 2.23 bits per heavy atom. The van der Waals surface area contributed by atoms with E-state index in [1.54, 1.807) is 12.1 Å². The summed E-state index contributed by atoms with van der Waals surface area (Å²) in [6.45, 7) is 0.367. The van der Waals surface area contributed by atoms with Crippen molar-refractivity contribution in [1.29, 1.82) is 0 Å². The molecular formula is C10H12FNO. The third-order valence-corrected chi connectivity index (χ3v) is 2.36. The van der Waals surface area contributed by atoms with Crippen molar-refractivity contribution >= 4 is 0 Å². The standard InChI is InChI=1S/C10H12FNO/c11-9-4-3-8(6-13-12)10(5-9)7-1-2-7/h3-5,7H,1-2,6,12H2. The SMILES string of the molecule is NOCc1ccc(F)cc1C1CC1. The van der Waals surface area contributed by atoms with Crippen molar-refractivity contribution in [3.8, 4) is 0 Å². The molecule has 2 rings (SSSR count). The van der Waals surface area contributed by atoms with Gasteiger partial charge in [-0.2, -0.15) is 0 Å². The van der Waals surface area contributed by atoms with Crippen molar-refractivity contribution in [2.45, 2.75) is 25.4 Å². The highest BCUT2D eigenvalue weighted by Gasteiger charge is 2.26. The molecule has 0 amide bonds. The van der Waals surface area contributed by atoms with E-state index in [1.165, 1.54) is 6.07 Å². The molecule has 1 aliphatic carbocycles. The van der Waals surface area contributed by atoms with Crippen molar-refractivity contribution in [2.75, 3.05) is 0 Å². The Balaban J connectivity index is 2.30. The fraction of sp³-hybridized carbons (Fsp3) is 0.400. The zero-order valence-corrected chi connectivity index (χ0v) is 7.29. The Kier molecular flexibility index (Phi) is 2.29. The highest BCUT2D eigenvalue weighted by atomic mass is 19.1. The second kappa shape index (κ2) is 3.44. The lowest BCUT2D eigenvalue weighted by atomic mass is 10.0. The molecule has 0 spiro atoms. The lowest BCUT2D eigenvalue weighted by Gasteiger charge is -2.06. The van der Waals surface area contributed by atoms with Gasteiger partial charge in [-0.15, -0.1) is 0 Å². The average Bonchev–Trinajstić information content (AvgIpc) is 2.91. The van der Waals surface area contributed by atoms with Crippen molar-refractivity contribution in [3.63, 3.8) is 0 Å². The Hall–Kier alpha value is -0.930. The number of nitrogens with two attached hydrogens (primary N) is 1. The van der Waals surface area contributed by atoms with Crippen molar-refractivity contribution in [2.24, 2.45) is 5.90 Å². The molecule has 1 aromatic rings. The number of hydrogen-bond acceptors (Lipinski definition) is 2. The van der Waals surface area contributed by atoms with Crippen LogP contribution in [-0.4, -0.2) is 0 Å². The fourth-order valence-electron chi connectivity index (χ4n) is 1.56. The molecule has 70 valence electrons. The Bertz CT molecular complexity index is 310. The molecule has 2 nitrogen and oxygen atoms in total. The van der Waals surface area contributed by atoms with E-state index < -0.39 is 0 Å². The number of hydrogen-bond donors (Lipinski definition) is 1. The van der Waals surface area contributed by atoms with Crippen LogP contribution in [0.5, 0.6) is 0 Å². The van der Waals surface area contributed by atoms with Gasteiger partial charge in [0.15, 0.2) is 0 Å². The Morgan fingerprint density at radius 1 is 1.46 bits per heavy atom. The minimum Gasteiger partial charge on any atom is -0.300 e. The summed E-state index contributed by atoms with van der Waals surface area (Å²) in [5.74, 6) is 5.34. The lowest BCUT2D eigenvalue weighted by molar-refractivity contribution is 0.123. The van der Waals surface area contributed by atoms with Gasteiger partial charge in [-0.05, 0) is 42.0 Å². The maximum absolute atomic E-state index is 12.9. The quantitative estimate of drug-likeness (QED) is 0.725. The van der Waals surface area contributed by atoms with Crippen LogP contribution in [0.1, 0.15) is 29.9 Å². The van der Waals surface area contributed by atoms with E-state index in [9.17, 15) is 4.39 Å². The molecule has 2 N–H and O–H groups in total. The summed E-state index contributed by atoms with van der Waals surface area (Å²) in [5.41, 5.74) is 2.07. The summed E-state index contributed by atoms with van der Waals surface area (Å²) >= 11 is 0. The molecule has 0 radical (unpaired) electrons. The minimum atomic E-state index is -0.178. The van der Waals surface area contributed by atoms with Gasteiger partial charge in [0.05, 0.1) is 6.61 Å². The molecule has 0 atom stereocenters. The molecule has 1 fully saturated rings. The molecule has 1 aliphatic rings. The first-order chi connectivity index (χ1) is 6.31. The predicted octanol–water partition coefficient (Wildman–Crippen LogP) is 2.09. The van der Waals surface area contributed by atoms with Gasteiger partial charge in [-0.25, -0.2) is 10.3 Å². The van der Waals surface area contributed by atoms with Gasteiger partial charge in [0, 0.05) is 0 Å². The topological polar surface area (TPSA) is 35.2 Å². The monoisotopic (exact) mass is 181 g/mol. The third-order valence-electron chi connectivity index (χ3n) is 2.36. The smallest absolute Gasteiger partial charge is 0.123 e. The molecule has 0 saturated heterocycles. The van der Waals surface area contributed by atoms with Gasteiger partial charge >= 0.3 is 0 Å². The first-order valence-electron chi connectivity index (χ1n) is 4.41. The summed E-state index contributed by atoms with van der Waals surface area (Å²) in [4.78, 5) is 4.56. The van der Waals surface area contributed by atoms with E-state index in [0.29, 0.717) is 12.5 Å². The van der Waals surface area contributed by atoms with Gasteiger partial charge < -0.3 is 0 Å². The molecule has 0 aromatic heterocycles. The molecule has 0 bridgehead atoms. The summed E-state index contributed by atoms with van der Waals surface area (Å²) < 4.78 is 12.9. The largest absolute Gasteiger partial charge is 0.300 e. The maximum Gasteiger partial charge on any atom is 0.123 e. The summed E-state index contributed by atoms with van der Waals surface area (Å²) in [6.07, 6.45) is 2.31. The molecule has 0 unspecified atom stereocenters. The molecule has 13 heavy (non-hydrogen) atoms. The lowest BCUT2D eigenvalue weighted by Crippen LogP contribution is -2.02. The zero-order valence-electron chi connectivity index (χ0n) is 7.29. The zero-order chi connectivity index (χ0) is 9.26. The normalized spacial score (nSPS) is 16.2. The van der Waals surface area contributed by atoms with Crippen molar-refractivity contribution in [3.05, 3.63) is 35.1 Å². The van der Waals surface area contributed by atoms with Crippen LogP contribution < -0.4 is 5.90 Å². The van der Waals surface area contributed by atoms with Crippen molar-refractivity contribution < 1.29 is 9.23 Å². The first-order valence-corrected chi connectivity index (χ1v) is 4.41. The van der Waals surface area contributed by atoms with Gasteiger partial charge in [-0.1, -0.05) is 6.07 Å². The molecule has 1 saturated carbocycles. The van der Waals surface area contributed by atoms with Gasteiger partial charge in [0.25, 0.3) is 0 Å². The molecule has 0 aliphatic heterocycles. The number of halogens is 1. The molecule has 1 aromatic carbocycles. The Labute approximate surface area is 76.5 Å². The van der Waals surface area contributed by atoms with Crippen LogP contribution in [-0.2, 0) is 11.4 Å². The van der Waals surface area contributed by atoms with Gasteiger partial charge in [-0.3, -0.25) is 4.84 Å². The van der Waals surface area contributed by atoms with E-state index >= 15 is 0 Å². The van der Waals surface area contributed by atoms with Crippen LogP contribution in [0.3, 0.4) is 0 Å². The highest BCUT2D eigenvalue weighted by Crippen LogP contribution is 2.41. The number of rotatable bonds is 3. The van der Waals surface area contributed by atoms with Crippen LogP contribution >= 0.6 is 0 Å². The predicted molar refractivity (Wildman–Crippen MR) is 47.4 cm³/mol. The second-order valence-corrected chi connectivity index (χ2v) is 3.43. The van der Waals surface area contributed by atoms with Crippen LogP contribution in [0.25, 0.3) is 0 Å². The Morgan fingerprint density at radius 3 is 2.85 bits per heavy atom. The summed E-state index contributed by atoms with van der Waals surface area (Å²) in [7, 11) is 0. The first kappa shape index (κ1) is 8.66.